The van der Waals surface area contributed by atoms with Gasteiger partial charge in [-0.1, -0.05) is 12.2 Å². The molecule has 5 heteroatoms. The van der Waals surface area contributed by atoms with Crippen molar-refractivity contribution >= 4 is 17.2 Å². The molecule has 0 spiro atoms. The number of carbonyl (C=O) groups excluding carboxylic acids is 1. The van der Waals surface area contributed by atoms with Gasteiger partial charge in [0, 0.05) is 18.1 Å². The van der Waals surface area contributed by atoms with Crippen LogP contribution in [-0.2, 0) is 11.3 Å². The summed E-state index contributed by atoms with van der Waals surface area (Å²) < 4.78 is 0. The molecule has 0 radical (unpaired) electrons. The minimum atomic E-state index is -0.238. The van der Waals surface area contributed by atoms with E-state index in [0.29, 0.717) is 6.54 Å². The average molecular weight is 251 g/mol. The van der Waals surface area contributed by atoms with E-state index in [0.717, 1.165) is 30.0 Å². The summed E-state index contributed by atoms with van der Waals surface area (Å²) in [4.78, 5) is 18.4. The van der Waals surface area contributed by atoms with E-state index in [2.05, 4.69) is 16.9 Å². The zero-order valence-electron chi connectivity index (χ0n) is 9.98. The summed E-state index contributed by atoms with van der Waals surface area (Å²) in [6.45, 7) is 5.39. The Morgan fingerprint density at radius 3 is 3.18 bits per heavy atom. The highest BCUT2D eigenvalue weighted by molar-refractivity contribution is 7.09. The van der Waals surface area contributed by atoms with Crippen LogP contribution < -0.4 is 5.32 Å². The second kappa shape index (κ2) is 5.42. The summed E-state index contributed by atoms with van der Waals surface area (Å²) in [6, 6.07) is -0.238. The Bertz CT molecular complexity index is 402. The van der Waals surface area contributed by atoms with E-state index in [1.165, 1.54) is 0 Å². The van der Waals surface area contributed by atoms with E-state index in [1.807, 2.05) is 10.3 Å². The van der Waals surface area contributed by atoms with Gasteiger partial charge in [0.2, 0.25) is 5.91 Å². The lowest BCUT2D eigenvalue weighted by molar-refractivity contribution is -0.132. The molecule has 1 fully saturated rings. The summed E-state index contributed by atoms with van der Waals surface area (Å²) in [7, 11) is 1.81. The molecular formula is C12H17N3OS. The molecule has 1 aliphatic rings. The number of likely N-dealkylation sites (tertiary alicyclic amines) is 1. The summed E-state index contributed by atoms with van der Waals surface area (Å²) in [6.07, 6.45) is 3.66. The predicted octanol–water partition coefficient (Wildman–Crippen LogP) is 1.41. The van der Waals surface area contributed by atoms with Gasteiger partial charge in [0.05, 0.1) is 6.54 Å². The molecular weight excluding hydrogens is 234 g/mol. The first-order chi connectivity index (χ1) is 8.22. The molecule has 1 atom stereocenters. The maximum absolute atomic E-state index is 12.3. The predicted molar refractivity (Wildman–Crippen MR) is 68.8 cm³/mol. The maximum Gasteiger partial charge on any atom is 0.244 e. The standard InChI is InChI=1S/C12H17N3OS/c1-9-4-3-6-15(12(16)11(9)13-2)8-10-14-5-7-17-10/h5,7,11,13H,1,3-4,6,8H2,2H3. The van der Waals surface area contributed by atoms with Crippen LogP contribution in [0.1, 0.15) is 17.8 Å². The van der Waals surface area contributed by atoms with Gasteiger partial charge in [0.1, 0.15) is 11.0 Å². The summed E-state index contributed by atoms with van der Waals surface area (Å²) in [5, 5.41) is 5.97. The van der Waals surface area contributed by atoms with Crippen LogP contribution in [0.2, 0.25) is 0 Å². The number of nitrogens with zero attached hydrogens (tertiary/aromatic N) is 2. The van der Waals surface area contributed by atoms with Gasteiger partial charge in [0.25, 0.3) is 0 Å². The van der Waals surface area contributed by atoms with Crippen LogP contribution in [0.3, 0.4) is 0 Å². The Morgan fingerprint density at radius 1 is 1.71 bits per heavy atom. The van der Waals surface area contributed by atoms with Gasteiger partial charge in [-0.15, -0.1) is 11.3 Å². The molecule has 1 unspecified atom stereocenters. The summed E-state index contributed by atoms with van der Waals surface area (Å²) in [5.74, 6) is 0.116. The molecule has 1 aromatic heterocycles. The van der Waals surface area contributed by atoms with Crippen LogP contribution in [0, 0.1) is 0 Å². The largest absolute Gasteiger partial charge is 0.334 e. The van der Waals surface area contributed by atoms with Crippen molar-refractivity contribution in [1.29, 1.82) is 0 Å². The lowest BCUT2D eigenvalue weighted by Gasteiger charge is -2.23. The fourth-order valence-electron chi connectivity index (χ4n) is 2.09. The molecule has 1 saturated heterocycles. The molecule has 0 aromatic carbocycles. The molecule has 4 nitrogen and oxygen atoms in total. The molecule has 1 aliphatic heterocycles. The van der Waals surface area contributed by atoms with Crippen molar-refractivity contribution in [1.82, 2.24) is 15.2 Å². The van der Waals surface area contributed by atoms with Crippen molar-refractivity contribution in [3.8, 4) is 0 Å². The first-order valence-corrected chi connectivity index (χ1v) is 6.62. The SMILES string of the molecule is C=C1CCCN(Cc2nccs2)C(=O)C1NC. The van der Waals surface area contributed by atoms with Gasteiger partial charge in [-0.05, 0) is 19.9 Å². The van der Waals surface area contributed by atoms with E-state index in [-0.39, 0.29) is 11.9 Å². The van der Waals surface area contributed by atoms with E-state index in [4.69, 9.17) is 0 Å². The first-order valence-electron chi connectivity index (χ1n) is 5.74. The minimum Gasteiger partial charge on any atom is -0.334 e. The van der Waals surface area contributed by atoms with Crippen LogP contribution in [0.25, 0.3) is 0 Å². The van der Waals surface area contributed by atoms with Crippen molar-refractivity contribution in [2.75, 3.05) is 13.6 Å². The quantitative estimate of drug-likeness (QED) is 0.826. The highest BCUT2D eigenvalue weighted by atomic mass is 32.1. The van der Waals surface area contributed by atoms with Crippen LogP contribution in [0.4, 0.5) is 0 Å². The fourth-order valence-corrected chi connectivity index (χ4v) is 2.72. The number of likely N-dealkylation sites (N-methyl/N-ethyl adjacent to an activating group) is 1. The number of aromatic nitrogens is 1. The number of hydrogen-bond donors (Lipinski definition) is 1. The molecule has 0 aliphatic carbocycles. The molecule has 1 N–H and O–H groups in total. The Hall–Kier alpha value is -1.20. The van der Waals surface area contributed by atoms with E-state index in [1.54, 1.807) is 24.6 Å². The molecule has 1 amide bonds. The molecule has 2 heterocycles. The van der Waals surface area contributed by atoms with Crippen LogP contribution in [0.15, 0.2) is 23.7 Å². The Morgan fingerprint density at radius 2 is 2.53 bits per heavy atom. The maximum atomic E-state index is 12.3. The van der Waals surface area contributed by atoms with Gasteiger partial charge in [-0.2, -0.15) is 0 Å². The third-order valence-corrected chi connectivity index (χ3v) is 3.76. The highest BCUT2D eigenvalue weighted by Crippen LogP contribution is 2.19. The highest BCUT2D eigenvalue weighted by Gasteiger charge is 2.28. The minimum absolute atomic E-state index is 0.116. The van der Waals surface area contributed by atoms with E-state index < -0.39 is 0 Å². The third kappa shape index (κ3) is 2.73. The van der Waals surface area contributed by atoms with Gasteiger partial charge in [-0.25, -0.2) is 4.98 Å². The van der Waals surface area contributed by atoms with Crippen molar-refractivity contribution in [2.24, 2.45) is 0 Å². The number of amides is 1. The normalized spacial score (nSPS) is 21.7. The van der Waals surface area contributed by atoms with Crippen LogP contribution in [-0.4, -0.2) is 35.4 Å². The monoisotopic (exact) mass is 251 g/mol. The van der Waals surface area contributed by atoms with Gasteiger partial charge < -0.3 is 10.2 Å². The van der Waals surface area contributed by atoms with Crippen molar-refractivity contribution in [2.45, 2.75) is 25.4 Å². The molecule has 92 valence electrons. The number of rotatable bonds is 3. The second-order valence-electron chi connectivity index (χ2n) is 4.17. The van der Waals surface area contributed by atoms with Gasteiger partial charge >= 0.3 is 0 Å². The van der Waals surface area contributed by atoms with E-state index in [9.17, 15) is 4.79 Å². The molecule has 2 rings (SSSR count). The third-order valence-electron chi connectivity index (χ3n) is 2.99. The van der Waals surface area contributed by atoms with Crippen molar-refractivity contribution in [3.63, 3.8) is 0 Å². The first kappa shape index (κ1) is 12.3. The smallest absolute Gasteiger partial charge is 0.244 e. The van der Waals surface area contributed by atoms with Crippen molar-refractivity contribution in [3.05, 3.63) is 28.7 Å². The van der Waals surface area contributed by atoms with Crippen LogP contribution >= 0.6 is 11.3 Å². The van der Waals surface area contributed by atoms with Gasteiger partial charge in [0.15, 0.2) is 0 Å². The summed E-state index contributed by atoms with van der Waals surface area (Å²) >= 11 is 1.59. The Balaban J connectivity index is 2.11. The fraction of sp³-hybridized carbons (Fsp3) is 0.500. The zero-order chi connectivity index (χ0) is 12.3. The number of hydrogen-bond acceptors (Lipinski definition) is 4. The molecule has 1 aromatic rings. The van der Waals surface area contributed by atoms with Gasteiger partial charge in [-0.3, -0.25) is 4.79 Å². The number of thiazole rings is 1. The second-order valence-corrected chi connectivity index (χ2v) is 5.15. The number of nitrogens with one attached hydrogen (secondary N) is 1. The zero-order valence-corrected chi connectivity index (χ0v) is 10.8. The summed E-state index contributed by atoms with van der Waals surface area (Å²) in [5.41, 5.74) is 0.985. The van der Waals surface area contributed by atoms with Crippen molar-refractivity contribution < 1.29 is 4.79 Å². The lowest BCUT2D eigenvalue weighted by atomic mass is 10.1. The lowest BCUT2D eigenvalue weighted by Crippen LogP contribution is -2.44. The Kier molecular flexibility index (Phi) is 3.91. The molecule has 0 bridgehead atoms. The average Bonchev–Trinajstić information content (AvgIpc) is 2.76. The topological polar surface area (TPSA) is 45.2 Å². The molecule has 17 heavy (non-hydrogen) atoms. The Labute approximate surface area is 105 Å². The van der Waals surface area contributed by atoms with E-state index >= 15 is 0 Å². The molecule has 0 saturated carbocycles. The van der Waals surface area contributed by atoms with Crippen LogP contribution in [0.5, 0.6) is 0 Å². The number of carbonyl (C=O) groups is 1.